The number of alkyl halides is 1. The quantitative estimate of drug-likeness (QED) is 0.208. The summed E-state index contributed by atoms with van der Waals surface area (Å²) in [6.07, 6.45) is 7.78. The minimum Gasteiger partial charge on any atom is -0.494 e. The standard InChI is InChI=1S/C21H22BrFO2/c22-15-3-1-2-4-16-25-20-12-8-18(9-13-20)21(24)14-7-17-5-10-19(23)11-6-17/h5-14H,1-4,15-16H2/b14-7+. The number of benzene rings is 2. The van der Waals surface area contributed by atoms with Gasteiger partial charge in [-0.25, -0.2) is 4.39 Å². The van der Waals surface area contributed by atoms with Crippen molar-refractivity contribution in [1.29, 1.82) is 0 Å². The average Bonchev–Trinajstić information content (AvgIpc) is 2.64. The van der Waals surface area contributed by atoms with Crippen molar-refractivity contribution in [3.63, 3.8) is 0 Å². The van der Waals surface area contributed by atoms with Crippen LogP contribution in [0.5, 0.6) is 5.75 Å². The van der Waals surface area contributed by atoms with Crippen molar-refractivity contribution >= 4 is 27.8 Å². The average molecular weight is 405 g/mol. The van der Waals surface area contributed by atoms with E-state index in [2.05, 4.69) is 15.9 Å². The van der Waals surface area contributed by atoms with Crippen LogP contribution >= 0.6 is 15.9 Å². The van der Waals surface area contributed by atoms with Crippen LogP contribution in [0.25, 0.3) is 6.08 Å². The highest BCUT2D eigenvalue weighted by atomic mass is 79.9. The lowest BCUT2D eigenvalue weighted by molar-refractivity contribution is 0.104. The second kappa shape index (κ2) is 10.8. The highest BCUT2D eigenvalue weighted by Gasteiger charge is 2.02. The molecule has 25 heavy (non-hydrogen) atoms. The Labute approximate surface area is 156 Å². The number of halogens is 2. The van der Waals surface area contributed by atoms with E-state index in [9.17, 15) is 9.18 Å². The molecule has 0 bridgehead atoms. The lowest BCUT2D eigenvalue weighted by Crippen LogP contribution is -1.99. The summed E-state index contributed by atoms with van der Waals surface area (Å²) in [7, 11) is 0. The number of hydrogen-bond donors (Lipinski definition) is 0. The highest BCUT2D eigenvalue weighted by molar-refractivity contribution is 9.09. The largest absolute Gasteiger partial charge is 0.494 e. The Kier molecular flexibility index (Phi) is 8.40. The van der Waals surface area contributed by atoms with Gasteiger partial charge in [-0.2, -0.15) is 0 Å². The van der Waals surface area contributed by atoms with Crippen LogP contribution in [-0.4, -0.2) is 17.7 Å². The van der Waals surface area contributed by atoms with Crippen LogP contribution in [-0.2, 0) is 0 Å². The third-order valence-electron chi connectivity index (χ3n) is 3.73. The van der Waals surface area contributed by atoms with Gasteiger partial charge in [0.1, 0.15) is 11.6 Å². The Hall–Kier alpha value is -1.94. The number of carbonyl (C=O) groups is 1. The molecule has 0 aliphatic rings. The molecule has 0 radical (unpaired) electrons. The van der Waals surface area contributed by atoms with Crippen LogP contribution in [0.1, 0.15) is 41.6 Å². The van der Waals surface area contributed by atoms with Crippen LogP contribution in [0, 0.1) is 5.82 Å². The van der Waals surface area contributed by atoms with Crippen LogP contribution in [0.15, 0.2) is 54.6 Å². The third kappa shape index (κ3) is 7.22. The normalized spacial score (nSPS) is 11.0. The third-order valence-corrected chi connectivity index (χ3v) is 4.29. The first-order valence-electron chi connectivity index (χ1n) is 8.46. The van der Waals surface area contributed by atoms with E-state index in [-0.39, 0.29) is 11.6 Å². The van der Waals surface area contributed by atoms with Crippen molar-refractivity contribution in [3.8, 4) is 5.75 Å². The van der Waals surface area contributed by atoms with Crippen LogP contribution in [0.2, 0.25) is 0 Å². The number of ketones is 1. The highest BCUT2D eigenvalue weighted by Crippen LogP contribution is 2.14. The monoisotopic (exact) mass is 404 g/mol. The maximum atomic E-state index is 12.8. The summed E-state index contributed by atoms with van der Waals surface area (Å²) in [5.74, 6) is 0.396. The number of ether oxygens (including phenoxy) is 1. The zero-order valence-corrected chi connectivity index (χ0v) is 15.7. The fourth-order valence-electron chi connectivity index (χ4n) is 2.30. The van der Waals surface area contributed by atoms with Gasteiger partial charge in [0.25, 0.3) is 0 Å². The van der Waals surface area contributed by atoms with E-state index >= 15 is 0 Å². The molecule has 0 saturated carbocycles. The summed E-state index contributed by atoms with van der Waals surface area (Å²) < 4.78 is 18.5. The van der Waals surface area contributed by atoms with Crippen molar-refractivity contribution in [1.82, 2.24) is 0 Å². The molecule has 0 atom stereocenters. The van der Waals surface area contributed by atoms with E-state index in [0.717, 1.165) is 29.5 Å². The summed E-state index contributed by atoms with van der Waals surface area (Å²) in [4.78, 5) is 12.2. The fraction of sp³-hybridized carbons (Fsp3) is 0.286. The van der Waals surface area contributed by atoms with Gasteiger partial charge in [-0.05, 0) is 60.9 Å². The van der Waals surface area contributed by atoms with Crippen LogP contribution < -0.4 is 4.74 Å². The Morgan fingerprint density at radius 3 is 2.32 bits per heavy atom. The molecule has 0 unspecified atom stereocenters. The Morgan fingerprint density at radius 2 is 1.64 bits per heavy atom. The first-order valence-corrected chi connectivity index (χ1v) is 9.58. The molecule has 0 saturated heterocycles. The summed E-state index contributed by atoms with van der Waals surface area (Å²) in [6.45, 7) is 0.694. The molecule has 0 aromatic heterocycles. The van der Waals surface area contributed by atoms with Gasteiger partial charge in [0.05, 0.1) is 6.61 Å². The summed E-state index contributed by atoms with van der Waals surface area (Å²) >= 11 is 3.42. The molecule has 2 nitrogen and oxygen atoms in total. The molecule has 2 aromatic carbocycles. The molecule has 0 heterocycles. The Morgan fingerprint density at radius 1 is 0.960 bits per heavy atom. The molecule has 4 heteroatoms. The molecule has 132 valence electrons. The Balaban J connectivity index is 1.80. The zero-order valence-electron chi connectivity index (χ0n) is 14.1. The second-order valence-corrected chi connectivity index (χ2v) is 6.52. The van der Waals surface area contributed by atoms with Gasteiger partial charge in [-0.1, -0.05) is 47.0 Å². The molecule has 2 aromatic rings. The van der Waals surface area contributed by atoms with Crippen molar-refractivity contribution in [2.75, 3.05) is 11.9 Å². The fourth-order valence-corrected chi connectivity index (χ4v) is 2.69. The van der Waals surface area contributed by atoms with Gasteiger partial charge in [0, 0.05) is 10.9 Å². The number of hydrogen-bond acceptors (Lipinski definition) is 2. The minimum atomic E-state index is -0.290. The number of unbranched alkanes of at least 4 members (excludes halogenated alkanes) is 3. The maximum absolute atomic E-state index is 12.8. The lowest BCUT2D eigenvalue weighted by Gasteiger charge is -2.06. The van der Waals surface area contributed by atoms with E-state index in [1.165, 1.54) is 31.1 Å². The van der Waals surface area contributed by atoms with Gasteiger partial charge in [-0.3, -0.25) is 4.79 Å². The molecular formula is C21H22BrFO2. The van der Waals surface area contributed by atoms with E-state index in [1.54, 1.807) is 30.3 Å². The SMILES string of the molecule is O=C(/C=C/c1ccc(F)cc1)c1ccc(OCCCCCCBr)cc1. The molecular weight excluding hydrogens is 383 g/mol. The first kappa shape index (κ1) is 19.4. The van der Waals surface area contributed by atoms with Crippen molar-refractivity contribution in [3.05, 3.63) is 71.6 Å². The van der Waals surface area contributed by atoms with Gasteiger partial charge >= 0.3 is 0 Å². The predicted molar refractivity (Wildman–Crippen MR) is 104 cm³/mol. The van der Waals surface area contributed by atoms with Gasteiger partial charge in [0.15, 0.2) is 5.78 Å². The summed E-state index contributed by atoms with van der Waals surface area (Å²) in [5.41, 5.74) is 1.39. The molecule has 0 aliphatic heterocycles. The van der Waals surface area contributed by atoms with Crippen molar-refractivity contribution < 1.29 is 13.9 Å². The molecule has 0 aliphatic carbocycles. The summed E-state index contributed by atoms with van der Waals surface area (Å²) in [6, 6.07) is 13.2. The van der Waals surface area contributed by atoms with Gasteiger partial charge in [-0.15, -0.1) is 0 Å². The predicted octanol–water partition coefficient (Wildman–Crippen LogP) is 6.06. The second-order valence-electron chi connectivity index (χ2n) is 5.73. The van der Waals surface area contributed by atoms with Crippen molar-refractivity contribution in [2.45, 2.75) is 25.7 Å². The molecule has 0 spiro atoms. The van der Waals surface area contributed by atoms with Gasteiger partial charge < -0.3 is 4.74 Å². The van der Waals surface area contributed by atoms with Crippen LogP contribution in [0.4, 0.5) is 4.39 Å². The molecule has 0 N–H and O–H groups in total. The smallest absolute Gasteiger partial charge is 0.185 e. The molecule has 2 rings (SSSR count). The molecule has 0 amide bonds. The minimum absolute atomic E-state index is 0.0920. The molecule has 0 fully saturated rings. The van der Waals surface area contributed by atoms with E-state index in [0.29, 0.717) is 12.2 Å². The number of rotatable bonds is 10. The van der Waals surface area contributed by atoms with E-state index in [1.807, 2.05) is 12.1 Å². The Bertz CT molecular complexity index is 678. The van der Waals surface area contributed by atoms with Gasteiger partial charge in [0.2, 0.25) is 0 Å². The van der Waals surface area contributed by atoms with E-state index in [4.69, 9.17) is 4.74 Å². The van der Waals surface area contributed by atoms with E-state index < -0.39 is 0 Å². The maximum Gasteiger partial charge on any atom is 0.185 e. The summed E-state index contributed by atoms with van der Waals surface area (Å²) in [5, 5.41) is 1.05. The first-order chi connectivity index (χ1) is 12.2. The number of allylic oxidation sites excluding steroid dienone is 1. The van der Waals surface area contributed by atoms with Crippen molar-refractivity contribution in [2.24, 2.45) is 0 Å². The van der Waals surface area contributed by atoms with Crippen LogP contribution in [0.3, 0.4) is 0 Å². The zero-order chi connectivity index (χ0) is 17.9. The topological polar surface area (TPSA) is 26.3 Å². The lowest BCUT2D eigenvalue weighted by atomic mass is 10.1. The number of carbonyl (C=O) groups excluding carboxylic acids is 1.